The molecule has 0 aliphatic carbocycles. The second-order valence-corrected chi connectivity index (χ2v) is 3.53. The first-order chi connectivity index (χ1) is 6.33. The van der Waals surface area contributed by atoms with Crippen molar-refractivity contribution in [3.05, 3.63) is 30.3 Å². The van der Waals surface area contributed by atoms with E-state index in [9.17, 15) is 0 Å². The van der Waals surface area contributed by atoms with Gasteiger partial charge >= 0.3 is 0 Å². The third kappa shape index (κ3) is 4.23. The van der Waals surface area contributed by atoms with E-state index in [-0.39, 0.29) is 0 Å². The molecule has 0 bridgehead atoms. The number of rotatable bonds is 5. The molecule has 0 aliphatic heterocycles. The van der Waals surface area contributed by atoms with Crippen molar-refractivity contribution in [2.45, 2.75) is 13.3 Å². The SMILES string of the molecule is CC(CS)CCOc1cc[c]cc1. The van der Waals surface area contributed by atoms with Crippen molar-refractivity contribution in [3.63, 3.8) is 0 Å². The Morgan fingerprint density at radius 3 is 2.77 bits per heavy atom. The fourth-order valence-electron chi connectivity index (χ4n) is 0.937. The second kappa shape index (κ2) is 5.92. The third-order valence-corrected chi connectivity index (χ3v) is 2.50. The first kappa shape index (κ1) is 10.5. The first-order valence-corrected chi connectivity index (χ1v) is 5.16. The van der Waals surface area contributed by atoms with Crippen LogP contribution >= 0.6 is 12.6 Å². The third-order valence-electron chi connectivity index (χ3n) is 1.88. The summed E-state index contributed by atoms with van der Waals surface area (Å²) in [5.74, 6) is 2.47. The van der Waals surface area contributed by atoms with Gasteiger partial charge in [-0.2, -0.15) is 12.6 Å². The second-order valence-electron chi connectivity index (χ2n) is 3.16. The molecule has 0 fully saturated rings. The molecule has 0 aliphatic rings. The van der Waals surface area contributed by atoms with E-state index in [0.717, 1.165) is 24.5 Å². The summed E-state index contributed by atoms with van der Waals surface area (Å²) in [5.41, 5.74) is 0. The van der Waals surface area contributed by atoms with E-state index in [1.165, 1.54) is 0 Å². The average molecular weight is 195 g/mol. The fraction of sp³-hybridized carbons (Fsp3) is 0.455. The Morgan fingerprint density at radius 2 is 2.15 bits per heavy atom. The van der Waals surface area contributed by atoms with Crippen molar-refractivity contribution in [1.29, 1.82) is 0 Å². The molecule has 71 valence electrons. The van der Waals surface area contributed by atoms with Crippen molar-refractivity contribution >= 4 is 12.6 Å². The lowest BCUT2D eigenvalue weighted by Crippen LogP contribution is -2.04. The van der Waals surface area contributed by atoms with Gasteiger partial charge in [-0.3, -0.25) is 0 Å². The van der Waals surface area contributed by atoms with Crippen LogP contribution in [0.3, 0.4) is 0 Å². The van der Waals surface area contributed by atoms with Gasteiger partial charge < -0.3 is 4.74 Å². The molecular weight excluding hydrogens is 180 g/mol. The van der Waals surface area contributed by atoms with Gasteiger partial charge in [0, 0.05) is 0 Å². The molecule has 1 rings (SSSR count). The van der Waals surface area contributed by atoms with E-state index >= 15 is 0 Å². The molecule has 0 aromatic heterocycles. The molecule has 0 saturated heterocycles. The van der Waals surface area contributed by atoms with Gasteiger partial charge in [-0.05, 0) is 36.3 Å². The predicted octanol–water partition coefficient (Wildman–Crippen LogP) is 2.82. The van der Waals surface area contributed by atoms with E-state index in [4.69, 9.17) is 4.74 Å². The summed E-state index contributed by atoms with van der Waals surface area (Å²) in [6, 6.07) is 10.5. The molecule has 0 N–H and O–H groups in total. The molecule has 1 aromatic carbocycles. The number of benzene rings is 1. The molecule has 1 unspecified atom stereocenters. The molecule has 0 saturated carbocycles. The van der Waals surface area contributed by atoms with Crippen LogP contribution in [-0.4, -0.2) is 12.4 Å². The van der Waals surface area contributed by atoms with Crippen molar-refractivity contribution < 1.29 is 4.74 Å². The fourth-order valence-corrected chi connectivity index (χ4v) is 1.12. The van der Waals surface area contributed by atoms with E-state index in [2.05, 4.69) is 25.6 Å². The average Bonchev–Trinajstić information content (AvgIpc) is 2.19. The van der Waals surface area contributed by atoms with Crippen LogP contribution in [0.2, 0.25) is 0 Å². The Bertz CT molecular complexity index is 223. The Morgan fingerprint density at radius 1 is 1.46 bits per heavy atom. The van der Waals surface area contributed by atoms with E-state index < -0.39 is 0 Å². The minimum absolute atomic E-state index is 0.624. The normalized spacial score (nSPS) is 12.5. The van der Waals surface area contributed by atoms with Crippen molar-refractivity contribution in [2.75, 3.05) is 12.4 Å². The predicted molar refractivity (Wildman–Crippen MR) is 58.4 cm³/mol. The van der Waals surface area contributed by atoms with Crippen molar-refractivity contribution in [1.82, 2.24) is 0 Å². The lowest BCUT2D eigenvalue weighted by atomic mass is 10.1. The maximum Gasteiger partial charge on any atom is 0.119 e. The zero-order valence-corrected chi connectivity index (χ0v) is 8.76. The van der Waals surface area contributed by atoms with Crippen LogP contribution in [0, 0.1) is 12.0 Å². The summed E-state index contributed by atoms with van der Waals surface area (Å²) in [7, 11) is 0. The molecule has 1 aromatic rings. The Balaban J connectivity index is 2.20. The summed E-state index contributed by atoms with van der Waals surface area (Å²) in [6.45, 7) is 2.95. The van der Waals surface area contributed by atoms with Gasteiger partial charge in [-0.15, -0.1) is 0 Å². The maximum atomic E-state index is 5.52. The number of hydrogen-bond donors (Lipinski definition) is 1. The van der Waals surface area contributed by atoms with Gasteiger partial charge in [0.1, 0.15) is 5.75 Å². The molecular formula is C11H15OS. The molecule has 2 heteroatoms. The van der Waals surface area contributed by atoms with Crippen LogP contribution in [0.15, 0.2) is 24.3 Å². The number of thiol groups is 1. The first-order valence-electron chi connectivity index (χ1n) is 4.52. The van der Waals surface area contributed by atoms with Gasteiger partial charge in [0.25, 0.3) is 0 Å². The lowest BCUT2D eigenvalue weighted by molar-refractivity contribution is 0.291. The number of ether oxygens (including phenoxy) is 1. The Labute approximate surface area is 85.5 Å². The van der Waals surface area contributed by atoms with Gasteiger partial charge in [-0.25, -0.2) is 0 Å². The zero-order chi connectivity index (χ0) is 9.52. The monoisotopic (exact) mass is 195 g/mol. The van der Waals surface area contributed by atoms with Crippen LogP contribution in [0.5, 0.6) is 5.75 Å². The van der Waals surface area contributed by atoms with E-state index in [1.807, 2.05) is 24.3 Å². The van der Waals surface area contributed by atoms with E-state index in [0.29, 0.717) is 5.92 Å². The van der Waals surface area contributed by atoms with Gasteiger partial charge in [0.05, 0.1) is 6.61 Å². The highest BCUT2D eigenvalue weighted by atomic mass is 32.1. The minimum atomic E-state index is 0.624. The smallest absolute Gasteiger partial charge is 0.119 e. The quantitative estimate of drug-likeness (QED) is 0.711. The van der Waals surface area contributed by atoms with Gasteiger partial charge in [0.15, 0.2) is 0 Å². The van der Waals surface area contributed by atoms with Crippen LogP contribution < -0.4 is 4.74 Å². The van der Waals surface area contributed by atoms with Gasteiger partial charge in [0.2, 0.25) is 0 Å². The minimum Gasteiger partial charge on any atom is -0.494 e. The topological polar surface area (TPSA) is 9.23 Å². The molecule has 1 nitrogen and oxygen atoms in total. The Hall–Kier alpha value is -0.630. The number of hydrogen-bond acceptors (Lipinski definition) is 2. The highest BCUT2D eigenvalue weighted by Gasteiger charge is 1.98. The van der Waals surface area contributed by atoms with Crippen LogP contribution in [0.4, 0.5) is 0 Å². The van der Waals surface area contributed by atoms with Crippen molar-refractivity contribution in [2.24, 2.45) is 5.92 Å². The molecule has 1 radical (unpaired) electrons. The summed E-state index contributed by atoms with van der Waals surface area (Å²) in [4.78, 5) is 0. The lowest BCUT2D eigenvalue weighted by Gasteiger charge is -2.09. The van der Waals surface area contributed by atoms with Crippen LogP contribution in [-0.2, 0) is 0 Å². The largest absolute Gasteiger partial charge is 0.494 e. The highest BCUT2D eigenvalue weighted by Crippen LogP contribution is 2.10. The molecule has 0 amide bonds. The molecule has 13 heavy (non-hydrogen) atoms. The summed E-state index contributed by atoms with van der Waals surface area (Å²) < 4.78 is 5.52. The molecule has 0 heterocycles. The molecule has 0 spiro atoms. The van der Waals surface area contributed by atoms with Crippen LogP contribution in [0.1, 0.15) is 13.3 Å². The van der Waals surface area contributed by atoms with E-state index in [1.54, 1.807) is 0 Å². The van der Waals surface area contributed by atoms with Crippen LogP contribution in [0.25, 0.3) is 0 Å². The van der Waals surface area contributed by atoms with Gasteiger partial charge in [-0.1, -0.05) is 19.1 Å². The summed E-state index contributed by atoms with van der Waals surface area (Å²) >= 11 is 4.22. The Kier molecular flexibility index (Phi) is 4.76. The summed E-state index contributed by atoms with van der Waals surface area (Å²) in [5, 5.41) is 0. The zero-order valence-electron chi connectivity index (χ0n) is 7.86. The summed E-state index contributed by atoms with van der Waals surface area (Å²) in [6.07, 6.45) is 1.06. The van der Waals surface area contributed by atoms with Crippen molar-refractivity contribution in [3.8, 4) is 5.75 Å². The standard InChI is InChI=1S/C11H15OS/c1-10(9-13)7-8-12-11-5-3-2-4-6-11/h3-6,10,13H,7-9H2,1H3. The maximum absolute atomic E-state index is 5.52. The molecule has 1 atom stereocenters. The highest BCUT2D eigenvalue weighted by molar-refractivity contribution is 7.80.